The molecule has 0 aromatic heterocycles. The number of morpholine rings is 1. The minimum absolute atomic E-state index is 0.0667. The SMILES string of the molecule is NCc1ccc(N2CCOC(CO)C2)cc1. The summed E-state index contributed by atoms with van der Waals surface area (Å²) in [6.07, 6.45) is -0.0667. The molecule has 0 aliphatic carbocycles. The molecule has 3 N–H and O–H groups in total. The fourth-order valence-corrected chi connectivity index (χ4v) is 1.91. The maximum Gasteiger partial charge on any atom is 0.0980 e. The summed E-state index contributed by atoms with van der Waals surface area (Å²) in [4.78, 5) is 2.23. The monoisotopic (exact) mass is 222 g/mol. The molecule has 1 fully saturated rings. The van der Waals surface area contributed by atoms with Crippen molar-refractivity contribution in [3.63, 3.8) is 0 Å². The van der Waals surface area contributed by atoms with Crippen LogP contribution in [-0.2, 0) is 11.3 Å². The van der Waals surface area contributed by atoms with E-state index in [1.54, 1.807) is 0 Å². The van der Waals surface area contributed by atoms with Gasteiger partial charge in [0.25, 0.3) is 0 Å². The van der Waals surface area contributed by atoms with E-state index in [2.05, 4.69) is 17.0 Å². The van der Waals surface area contributed by atoms with E-state index in [1.807, 2.05) is 12.1 Å². The molecule has 1 unspecified atom stereocenters. The number of rotatable bonds is 3. The smallest absolute Gasteiger partial charge is 0.0980 e. The highest BCUT2D eigenvalue weighted by Crippen LogP contribution is 2.18. The summed E-state index contributed by atoms with van der Waals surface area (Å²) < 4.78 is 5.41. The van der Waals surface area contributed by atoms with Crippen molar-refractivity contribution in [1.82, 2.24) is 0 Å². The highest BCUT2D eigenvalue weighted by atomic mass is 16.5. The third-order valence-electron chi connectivity index (χ3n) is 2.88. The average Bonchev–Trinajstić information content (AvgIpc) is 2.39. The van der Waals surface area contributed by atoms with Crippen LogP contribution in [0.3, 0.4) is 0 Å². The van der Waals surface area contributed by atoms with Gasteiger partial charge < -0.3 is 20.5 Å². The van der Waals surface area contributed by atoms with Crippen molar-refractivity contribution < 1.29 is 9.84 Å². The molecular weight excluding hydrogens is 204 g/mol. The maximum absolute atomic E-state index is 9.07. The number of anilines is 1. The lowest BCUT2D eigenvalue weighted by atomic mass is 10.1. The van der Waals surface area contributed by atoms with Crippen molar-refractivity contribution in [1.29, 1.82) is 0 Å². The predicted octanol–water partition coefficient (Wildman–Crippen LogP) is 0.343. The Morgan fingerprint density at radius 3 is 2.75 bits per heavy atom. The molecule has 1 aliphatic rings. The molecule has 0 saturated carbocycles. The van der Waals surface area contributed by atoms with Crippen LogP contribution in [0.25, 0.3) is 0 Å². The second-order valence-corrected chi connectivity index (χ2v) is 3.99. The molecule has 1 heterocycles. The molecule has 0 amide bonds. The standard InChI is InChI=1S/C12H18N2O2/c13-7-10-1-3-11(4-2-10)14-5-6-16-12(8-14)9-15/h1-4,12,15H,5-9,13H2. The van der Waals surface area contributed by atoms with Crippen LogP contribution in [0.5, 0.6) is 0 Å². The molecular formula is C12H18N2O2. The molecule has 88 valence electrons. The van der Waals surface area contributed by atoms with Gasteiger partial charge in [0.15, 0.2) is 0 Å². The Kier molecular flexibility index (Phi) is 3.77. The first-order chi connectivity index (χ1) is 7.83. The summed E-state index contributed by atoms with van der Waals surface area (Å²) in [5.74, 6) is 0. The summed E-state index contributed by atoms with van der Waals surface area (Å²) in [5.41, 5.74) is 7.86. The van der Waals surface area contributed by atoms with E-state index in [0.29, 0.717) is 13.2 Å². The highest BCUT2D eigenvalue weighted by molar-refractivity contribution is 5.48. The first-order valence-corrected chi connectivity index (χ1v) is 5.60. The van der Waals surface area contributed by atoms with Gasteiger partial charge >= 0.3 is 0 Å². The van der Waals surface area contributed by atoms with Crippen LogP contribution in [-0.4, -0.2) is 37.5 Å². The van der Waals surface area contributed by atoms with E-state index in [4.69, 9.17) is 15.6 Å². The van der Waals surface area contributed by atoms with E-state index >= 15 is 0 Å². The van der Waals surface area contributed by atoms with E-state index < -0.39 is 0 Å². The maximum atomic E-state index is 9.07. The van der Waals surface area contributed by atoms with E-state index in [-0.39, 0.29) is 12.7 Å². The Morgan fingerprint density at radius 1 is 1.38 bits per heavy atom. The van der Waals surface area contributed by atoms with Gasteiger partial charge in [0.2, 0.25) is 0 Å². The normalized spacial score (nSPS) is 21.1. The van der Waals surface area contributed by atoms with E-state index in [1.165, 1.54) is 5.69 Å². The second kappa shape index (κ2) is 5.30. The Morgan fingerprint density at radius 2 is 2.12 bits per heavy atom. The van der Waals surface area contributed by atoms with Gasteiger partial charge in [-0.25, -0.2) is 0 Å². The predicted molar refractivity (Wildman–Crippen MR) is 63.4 cm³/mol. The molecule has 1 aromatic carbocycles. The summed E-state index contributed by atoms with van der Waals surface area (Å²) in [5, 5.41) is 9.07. The Hall–Kier alpha value is -1.10. The van der Waals surface area contributed by atoms with Crippen LogP contribution >= 0.6 is 0 Å². The van der Waals surface area contributed by atoms with Crippen molar-refractivity contribution in [3.8, 4) is 0 Å². The Bertz CT molecular complexity index is 326. The summed E-state index contributed by atoms with van der Waals surface area (Å²) in [7, 11) is 0. The van der Waals surface area contributed by atoms with Crippen molar-refractivity contribution in [2.24, 2.45) is 5.73 Å². The Balaban J connectivity index is 2.05. The molecule has 0 bridgehead atoms. The lowest BCUT2D eigenvalue weighted by Gasteiger charge is -2.33. The van der Waals surface area contributed by atoms with E-state index in [9.17, 15) is 0 Å². The van der Waals surface area contributed by atoms with Crippen LogP contribution in [0.15, 0.2) is 24.3 Å². The fraction of sp³-hybridized carbons (Fsp3) is 0.500. The summed E-state index contributed by atoms with van der Waals surface area (Å²) >= 11 is 0. The largest absolute Gasteiger partial charge is 0.394 e. The van der Waals surface area contributed by atoms with Crippen molar-refractivity contribution >= 4 is 5.69 Å². The van der Waals surface area contributed by atoms with Gasteiger partial charge in [-0.3, -0.25) is 0 Å². The highest BCUT2D eigenvalue weighted by Gasteiger charge is 2.19. The number of hydrogen-bond donors (Lipinski definition) is 2. The number of nitrogens with two attached hydrogens (primary N) is 1. The molecule has 1 atom stereocenters. The van der Waals surface area contributed by atoms with Crippen LogP contribution < -0.4 is 10.6 Å². The van der Waals surface area contributed by atoms with Gasteiger partial charge in [-0.15, -0.1) is 0 Å². The number of aliphatic hydroxyl groups excluding tert-OH is 1. The third-order valence-corrected chi connectivity index (χ3v) is 2.88. The van der Waals surface area contributed by atoms with Crippen molar-refractivity contribution in [3.05, 3.63) is 29.8 Å². The molecule has 1 saturated heterocycles. The second-order valence-electron chi connectivity index (χ2n) is 3.99. The van der Waals surface area contributed by atoms with Gasteiger partial charge in [-0.1, -0.05) is 12.1 Å². The van der Waals surface area contributed by atoms with Crippen molar-refractivity contribution in [2.45, 2.75) is 12.6 Å². The van der Waals surface area contributed by atoms with E-state index in [0.717, 1.165) is 18.7 Å². The molecule has 0 radical (unpaired) electrons. The fourth-order valence-electron chi connectivity index (χ4n) is 1.91. The van der Waals surface area contributed by atoms with Crippen molar-refractivity contribution in [2.75, 3.05) is 31.2 Å². The van der Waals surface area contributed by atoms with Gasteiger partial charge in [0, 0.05) is 25.3 Å². The van der Waals surface area contributed by atoms with Gasteiger partial charge in [0.05, 0.1) is 19.3 Å². The molecule has 16 heavy (non-hydrogen) atoms. The minimum atomic E-state index is -0.0667. The molecule has 4 heteroatoms. The number of aliphatic hydroxyl groups is 1. The van der Waals surface area contributed by atoms with Crippen LogP contribution in [0, 0.1) is 0 Å². The Labute approximate surface area is 95.6 Å². The summed E-state index contributed by atoms with van der Waals surface area (Å²) in [6.45, 7) is 2.95. The number of hydrogen-bond acceptors (Lipinski definition) is 4. The van der Waals surface area contributed by atoms with Gasteiger partial charge in [-0.2, -0.15) is 0 Å². The van der Waals surface area contributed by atoms with Gasteiger partial charge in [0.1, 0.15) is 0 Å². The number of ether oxygens (including phenoxy) is 1. The van der Waals surface area contributed by atoms with Crippen LogP contribution in [0.1, 0.15) is 5.56 Å². The first kappa shape index (κ1) is 11.4. The van der Waals surface area contributed by atoms with Crippen LogP contribution in [0.2, 0.25) is 0 Å². The zero-order chi connectivity index (χ0) is 11.4. The first-order valence-electron chi connectivity index (χ1n) is 5.60. The topological polar surface area (TPSA) is 58.7 Å². The molecule has 1 aromatic rings. The zero-order valence-corrected chi connectivity index (χ0v) is 9.30. The number of benzene rings is 1. The third kappa shape index (κ3) is 2.52. The number of nitrogens with zero attached hydrogens (tertiary/aromatic N) is 1. The van der Waals surface area contributed by atoms with Gasteiger partial charge in [-0.05, 0) is 17.7 Å². The lowest BCUT2D eigenvalue weighted by molar-refractivity contribution is 0.00357. The summed E-state index contributed by atoms with van der Waals surface area (Å²) in [6, 6.07) is 8.22. The minimum Gasteiger partial charge on any atom is -0.394 e. The molecule has 4 nitrogen and oxygen atoms in total. The zero-order valence-electron chi connectivity index (χ0n) is 9.30. The average molecular weight is 222 g/mol. The molecule has 1 aliphatic heterocycles. The van der Waals surface area contributed by atoms with Crippen LogP contribution in [0.4, 0.5) is 5.69 Å². The quantitative estimate of drug-likeness (QED) is 0.774. The molecule has 2 rings (SSSR count). The lowest BCUT2D eigenvalue weighted by Crippen LogP contribution is -2.44. The molecule has 0 spiro atoms.